The molecule has 0 spiro atoms. The number of thiol groups is 2. The van der Waals surface area contributed by atoms with Crippen LogP contribution in [0.1, 0.15) is 0 Å². The minimum absolute atomic E-state index is 0.794. The molecule has 0 fully saturated rings. The summed E-state index contributed by atoms with van der Waals surface area (Å²) in [6.07, 6.45) is 0. The smallest absolute Gasteiger partial charge is 0.0126 e. The second kappa shape index (κ2) is 2.46. The standard InChI is InChI=1S/C6H4S2/c7-5-1-2-6(8)4-3-5/h1,4,7-8H. The third-order valence-electron chi connectivity index (χ3n) is 0.714. The molecule has 0 N–H and O–H groups in total. The summed E-state index contributed by atoms with van der Waals surface area (Å²) in [4.78, 5) is 1.59. The van der Waals surface area contributed by atoms with E-state index in [4.69, 9.17) is 0 Å². The zero-order valence-corrected chi connectivity index (χ0v) is 5.84. The summed E-state index contributed by atoms with van der Waals surface area (Å²) >= 11 is 8.02. The first-order valence-corrected chi connectivity index (χ1v) is 3.00. The summed E-state index contributed by atoms with van der Waals surface area (Å²) in [6, 6.07) is 9.17. The van der Waals surface area contributed by atoms with Crippen LogP contribution in [0.2, 0.25) is 0 Å². The van der Waals surface area contributed by atoms with Crippen LogP contribution in [0.3, 0.4) is 0 Å². The topological polar surface area (TPSA) is 0 Å². The lowest BCUT2D eigenvalue weighted by molar-refractivity contribution is 1.34. The van der Waals surface area contributed by atoms with Gasteiger partial charge in [-0.05, 0) is 24.3 Å². The van der Waals surface area contributed by atoms with Gasteiger partial charge in [-0.2, -0.15) is 0 Å². The van der Waals surface area contributed by atoms with Gasteiger partial charge >= 0.3 is 0 Å². The van der Waals surface area contributed by atoms with Gasteiger partial charge in [0, 0.05) is 9.79 Å². The van der Waals surface area contributed by atoms with Crippen molar-refractivity contribution in [1.82, 2.24) is 0 Å². The zero-order chi connectivity index (χ0) is 5.98. The molecule has 40 valence electrons. The van der Waals surface area contributed by atoms with Gasteiger partial charge in [0.1, 0.15) is 0 Å². The van der Waals surface area contributed by atoms with Crippen LogP contribution in [0, 0.1) is 12.1 Å². The highest BCUT2D eigenvalue weighted by molar-refractivity contribution is 7.80. The Labute approximate surface area is 59.7 Å². The molecule has 0 saturated heterocycles. The molecule has 0 bridgehead atoms. The molecule has 0 nitrogen and oxygen atoms in total. The molecule has 2 radical (unpaired) electrons. The van der Waals surface area contributed by atoms with Gasteiger partial charge in [0.15, 0.2) is 0 Å². The average Bonchev–Trinajstić information content (AvgIpc) is 1.77. The molecule has 0 aliphatic rings. The van der Waals surface area contributed by atoms with Crippen LogP contribution in [-0.4, -0.2) is 0 Å². The summed E-state index contributed by atoms with van der Waals surface area (Å²) in [5.74, 6) is 0. The van der Waals surface area contributed by atoms with Crippen LogP contribution < -0.4 is 0 Å². The normalized spacial score (nSPS) is 9.25. The molecule has 1 aromatic carbocycles. The number of rotatable bonds is 0. The van der Waals surface area contributed by atoms with E-state index in [0.717, 1.165) is 9.79 Å². The minimum atomic E-state index is 0.794. The van der Waals surface area contributed by atoms with Crippen LogP contribution in [-0.2, 0) is 0 Å². The molecule has 1 rings (SSSR count). The molecule has 0 saturated carbocycles. The fourth-order valence-corrected chi connectivity index (χ4v) is 0.626. The number of hydrogen-bond donors (Lipinski definition) is 2. The van der Waals surface area contributed by atoms with E-state index < -0.39 is 0 Å². The molecule has 0 aliphatic heterocycles. The van der Waals surface area contributed by atoms with Crippen LogP contribution in [0.5, 0.6) is 0 Å². The van der Waals surface area contributed by atoms with E-state index in [2.05, 4.69) is 37.4 Å². The second-order valence-corrected chi connectivity index (χ2v) is 2.31. The maximum atomic E-state index is 4.01. The van der Waals surface area contributed by atoms with Crippen molar-refractivity contribution in [3.63, 3.8) is 0 Å². The molecule has 0 atom stereocenters. The Balaban J connectivity index is 3.03. The Morgan fingerprint density at radius 1 is 1.00 bits per heavy atom. The van der Waals surface area contributed by atoms with Gasteiger partial charge < -0.3 is 0 Å². The molecular formula is C6H4S2. The van der Waals surface area contributed by atoms with E-state index in [1.54, 1.807) is 12.1 Å². The van der Waals surface area contributed by atoms with E-state index in [9.17, 15) is 0 Å². The van der Waals surface area contributed by atoms with E-state index in [1.807, 2.05) is 0 Å². The lowest BCUT2D eigenvalue weighted by Crippen LogP contribution is -1.65. The fourth-order valence-electron chi connectivity index (χ4n) is 0.368. The summed E-state index contributed by atoms with van der Waals surface area (Å²) in [5, 5.41) is 0. The zero-order valence-electron chi connectivity index (χ0n) is 4.05. The summed E-state index contributed by atoms with van der Waals surface area (Å²) < 4.78 is 0. The lowest BCUT2D eigenvalue weighted by atomic mass is 10.4. The Morgan fingerprint density at radius 2 is 1.38 bits per heavy atom. The molecule has 0 aliphatic carbocycles. The lowest BCUT2D eigenvalue weighted by Gasteiger charge is -1.86. The molecule has 1 aromatic rings. The molecule has 0 amide bonds. The Hall–Kier alpha value is -0.0800. The first-order valence-electron chi connectivity index (χ1n) is 2.10. The average molecular weight is 140 g/mol. The van der Waals surface area contributed by atoms with Crippen molar-refractivity contribution >= 4 is 25.3 Å². The van der Waals surface area contributed by atoms with Gasteiger partial charge in [-0.1, -0.05) is 0 Å². The van der Waals surface area contributed by atoms with Crippen molar-refractivity contribution in [2.24, 2.45) is 0 Å². The van der Waals surface area contributed by atoms with Crippen molar-refractivity contribution in [2.75, 3.05) is 0 Å². The first-order chi connectivity index (χ1) is 3.79. The monoisotopic (exact) mass is 140 g/mol. The van der Waals surface area contributed by atoms with Gasteiger partial charge in [-0.3, -0.25) is 0 Å². The predicted molar refractivity (Wildman–Crippen MR) is 38.6 cm³/mol. The first kappa shape index (κ1) is 6.05. The van der Waals surface area contributed by atoms with Crippen LogP contribution >= 0.6 is 25.3 Å². The van der Waals surface area contributed by atoms with Crippen molar-refractivity contribution in [3.05, 3.63) is 24.3 Å². The summed E-state index contributed by atoms with van der Waals surface area (Å²) in [5.41, 5.74) is 0. The van der Waals surface area contributed by atoms with E-state index in [0.29, 0.717) is 0 Å². The third kappa shape index (κ3) is 1.46. The third-order valence-corrected chi connectivity index (χ3v) is 1.23. The predicted octanol–water partition coefficient (Wildman–Crippen LogP) is 1.86. The largest absolute Gasteiger partial charge is 0.143 e. The van der Waals surface area contributed by atoms with Gasteiger partial charge in [0.2, 0.25) is 0 Å². The van der Waals surface area contributed by atoms with Crippen molar-refractivity contribution in [2.45, 2.75) is 9.79 Å². The van der Waals surface area contributed by atoms with Gasteiger partial charge in [0.25, 0.3) is 0 Å². The maximum absolute atomic E-state index is 4.01. The summed E-state index contributed by atoms with van der Waals surface area (Å²) in [6.45, 7) is 0. The van der Waals surface area contributed by atoms with E-state index in [1.165, 1.54) is 0 Å². The molecular weight excluding hydrogens is 136 g/mol. The molecule has 0 aromatic heterocycles. The molecule has 0 heterocycles. The van der Waals surface area contributed by atoms with Crippen LogP contribution in [0.15, 0.2) is 21.9 Å². The number of hydrogen-bond acceptors (Lipinski definition) is 2. The summed E-state index contributed by atoms with van der Waals surface area (Å²) in [7, 11) is 0. The van der Waals surface area contributed by atoms with E-state index in [-0.39, 0.29) is 0 Å². The van der Waals surface area contributed by atoms with E-state index >= 15 is 0 Å². The van der Waals surface area contributed by atoms with Crippen LogP contribution in [0.25, 0.3) is 0 Å². The Bertz CT molecular complexity index is 145. The van der Waals surface area contributed by atoms with Crippen molar-refractivity contribution < 1.29 is 0 Å². The Morgan fingerprint density at radius 3 is 1.62 bits per heavy atom. The van der Waals surface area contributed by atoms with Crippen molar-refractivity contribution in [3.8, 4) is 0 Å². The molecule has 2 heteroatoms. The maximum Gasteiger partial charge on any atom is 0.0126 e. The quantitative estimate of drug-likeness (QED) is 0.505. The SMILES string of the molecule is Sc1[c]cc(S)[c]c1. The highest BCUT2D eigenvalue weighted by Crippen LogP contribution is 2.07. The number of benzene rings is 1. The fraction of sp³-hybridized carbons (Fsp3) is 0. The van der Waals surface area contributed by atoms with Gasteiger partial charge in [0.05, 0.1) is 0 Å². The molecule has 8 heavy (non-hydrogen) atoms. The highest BCUT2D eigenvalue weighted by Gasteiger charge is 1.83. The minimum Gasteiger partial charge on any atom is -0.143 e. The van der Waals surface area contributed by atoms with Crippen LogP contribution in [0.4, 0.5) is 0 Å². The van der Waals surface area contributed by atoms with Gasteiger partial charge in [-0.15, -0.1) is 25.3 Å². The second-order valence-electron chi connectivity index (χ2n) is 1.35. The highest BCUT2D eigenvalue weighted by atomic mass is 32.1. The van der Waals surface area contributed by atoms with Crippen molar-refractivity contribution in [1.29, 1.82) is 0 Å². The van der Waals surface area contributed by atoms with Gasteiger partial charge in [-0.25, -0.2) is 0 Å². The Kier molecular flexibility index (Phi) is 1.86. The molecule has 0 unspecified atom stereocenters.